The van der Waals surface area contributed by atoms with Gasteiger partial charge in [0, 0.05) is 17.8 Å². The Labute approximate surface area is 89.8 Å². The predicted molar refractivity (Wildman–Crippen MR) is 52.1 cm³/mol. The van der Waals surface area contributed by atoms with Gasteiger partial charge in [-0.05, 0) is 6.92 Å². The molecule has 1 unspecified atom stereocenters. The molecule has 1 aliphatic rings. The maximum absolute atomic E-state index is 11.4. The summed E-state index contributed by atoms with van der Waals surface area (Å²) in [7, 11) is 0. The number of hydrogen-bond acceptors (Lipinski definition) is 3. The van der Waals surface area contributed by atoms with Crippen LogP contribution in [0.1, 0.15) is 13.3 Å². The molecule has 3 atom stereocenters. The van der Waals surface area contributed by atoms with Gasteiger partial charge in [0.1, 0.15) is 0 Å². The molecule has 1 fully saturated rings. The number of carbonyl (C=O) groups is 2. The number of hydrogen-bond donors (Lipinski definition) is 2. The molecule has 1 aliphatic heterocycles. The highest BCUT2D eigenvalue weighted by Crippen LogP contribution is 2.21. The third kappa shape index (κ3) is 2.24. The van der Waals surface area contributed by atoms with Crippen molar-refractivity contribution in [3.05, 3.63) is 0 Å². The molecule has 0 radical (unpaired) electrons. The SMILES string of the molecule is C[C@H](O)[C@@H](C(=O)O)N1CC(Br)CC1=O. The smallest absolute Gasteiger partial charge is 0.329 e. The molecule has 1 saturated heterocycles. The Bertz CT molecular complexity index is 256. The summed E-state index contributed by atoms with van der Waals surface area (Å²) in [5, 5.41) is 18.1. The van der Waals surface area contributed by atoms with Gasteiger partial charge in [-0.3, -0.25) is 4.79 Å². The summed E-state index contributed by atoms with van der Waals surface area (Å²) >= 11 is 3.25. The average molecular weight is 266 g/mol. The van der Waals surface area contributed by atoms with Crippen molar-refractivity contribution in [2.75, 3.05) is 6.54 Å². The summed E-state index contributed by atoms with van der Waals surface area (Å²) < 4.78 is 0. The molecule has 0 aromatic rings. The Morgan fingerprint density at radius 2 is 2.29 bits per heavy atom. The lowest BCUT2D eigenvalue weighted by Gasteiger charge is -2.26. The Balaban J connectivity index is 2.79. The molecular weight excluding hydrogens is 254 g/mol. The molecule has 2 N–H and O–H groups in total. The maximum atomic E-state index is 11.4. The molecule has 1 rings (SSSR count). The summed E-state index contributed by atoms with van der Waals surface area (Å²) in [5.74, 6) is -1.41. The van der Waals surface area contributed by atoms with Gasteiger partial charge in [0.05, 0.1) is 6.10 Å². The van der Waals surface area contributed by atoms with Crippen LogP contribution in [0.3, 0.4) is 0 Å². The molecule has 5 nitrogen and oxygen atoms in total. The fourth-order valence-corrected chi connectivity index (χ4v) is 2.14. The van der Waals surface area contributed by atoms with E-state index in [1.807, 2.05) is 0 Å². The fourth-order valence-electron chi connectivity index (χ4n) is 1.56. The third-order valence-electron chi connectivity index (χ3n) is 2.16. The second kappa shape index (κ2) is 4.27. The number of rotatable bonds is 3. The normalized spacial score (nSPS) is 26.4. The minimum Gasteiger partial charge on any atom is -0.480 e. The number of carboxylic acid groups (broad SMARTS) is 1. The van der Waals surface area contributed by atoms with Crippen LogP contribution >= 0.6 is 15.9 Å². The zero-order valence-electron chi connectivity index (χ0n) is 7.68. The standard InChI is InChI=1S/C8H12BrNO4/c1-4(11)7(8(13)14)10-3-5(9)2-6(10)12/h4-5,7,11H,2-3H2,1H3,(H,13,14)/t4-,5?,7-/m0/s1. The number of alkyl halides is 1. The van der Waals surface area contributed by atoms with E-state index < -0.39 is 18.1 Å². The molecule has 14 heavy (non-hydrogen) atoms. The summed E-state index contributed by atoms with van der Waals surface area (Å²) in [6, 6.07) is -1.13. The van der Waals surface area contributed by atoms with Crippen LogP contribution in [-0.4, -0.2) is 50.5 Å². The van der Waals surface area contributed by atoms with Crippen LogP contribution in [0.5, 0.6) is 0 Å². The van der Waals surface area contributed by atoms with Crippen molar-refractivity contribution in [1.29, 1.82) is 0 Å². The predicted octanol–water partition coefficient (Wildman–Crippen LogP) is -0.184. The molecule has 6 heteroatoms. The van der Waals surface area contributed by atoms with Crippen molar-refractivity contribution in [3.63, 3.8) is 0 Å². The molecule has 0 aromatic heterocycles. The number of carbonyl (C=O) groups excluding carboxylic acids is 1. The summed E-state index contributed by atoms with van der Waals surface area (Å²) in [6.45, 7) is 1.70. The molecule has 0 bridgehead atoms. The second-order valence-electron chi connectivity index (χ2n) is 3.37. The number of aliphatic carboxylic acids is 1. The van der Waals surface area contributed by atoms with Crippen molar-refractivity contribution in [3.8, 4) is 0 Å². The van der Waals surface area contributed by atoms with E-state index in [1.165, 1.54) is 11.8 Å². The first-order valence-electron chi connectivity index (χ1n) is 4.28. The number of likely N-dealkylation sites (tertiary alicyclic amines) is 1. The van der Waals surface area contributed by atoms with Gasteiger partial charge >= 0.3 is 5.97 Å². The number of nitrogens with zero attached hydrogens (tertiary/aromatic N) is 1. The van der Waals surface area contributed by atoms with Crippen LogP contribution in [0.2, 0.25) is 0 Å². The lowest BCUT2D eigenvalue weighted by molar-refractivity contribution is -0.152. The molecule has 0 aliphatic carbocycles. The number of aliphatic hydroxyl groups excluding tert-OH is 1. The zero-order valence-corrected chi connectivity index (χ0v) is 9.27. The number of aliphatic hydroxyl groups is 1. The maximum Gasteiger partial charge on any atom is 0.329 e. The molecule has 0 aromatic carbocycles. The highest BCUT2D eigenvalue weighted by molar-refractivity contribution is 9.09. The van der Waals surface area contributed by atoms with Crippen molar-refractivity contribution < 1.29 is 19.8 Å². The zero-order chi connectivity index (χ0) is 10.9. The minimum atomic E-state index is -1.17. The molecule has 0 spiro atoms. The van der Waals surface area contributed by atoms with Gasteiger partial charge in [-0.25, -0.2) is 4.79 Å². The van der Waals surface area contributed by atoms with E-state index >= 15 is 0 Å². The van der Waals surface area contributed by atoms with Crippen LogP contribution in [0, 0.1) is 0 Å². The molecule has 1 heterocycles. The van der Waals surface area contributed by atoms with Gasteiger partial charge in [-0.15, -0.1) is 0 Å². The van der Waals surface area contributed by atoms with Gasteiger partial charge in [-0.2, -0.15) is 0 Å². The average Bonchev–Trinajstić information content (AvgIpc) is 2.29. The number of halogens is 1. The van der Waals surface area contributed by atoms with E-state index in [0.29, 0.717) is 6.54 Å². The van der Waals surface area contributed by atoms with E-state index in [0.717, 1.165) is 0 Å². The van der Waals surface area contributed by atoms with Gasteiger partial charge in [0.2, 0.25) is 5.91 Å². The van der Waals surface area contributed by atoms with E-state index in [2.05, 4.69) is 15.9 Å². The molecular formula is C8H12BrNO4. The second-order valence-corrected chi connectivity index (χ2v) is 4.67. The van der Waals surface area contributed by atoms with Gasteiger partial charge < -0.3 is 15.1 Å². The van der Waals surface area contributed by atoms with Gasteiger partial charge in [-0.1, -0.05) is 15.9 Å². The Hall–Kier alpha value is -0.620. The van der Waals surface area contributed by atoms with Crippen LogP contribution < -0.4 is 0 Å². The molecule has 80 valence electrons. The highest BCUT2D eigenvalue weighted by atomic mass is 79.9. The van der Waals surface area contributed by atoms with E-state index in [4.69, 9.17) is 5.11 Å². The van der Waals surface area contributed by atoms with Crippen LogP contribution in [0.4, 0.5) is 0 Å². The summed E-state index contributed by atoms with van der Waals surface area (Å²) in [5.41, 5.74) is 0. The minimum absolute atomic E-state index is 0.0180. The number of carboxylic acids is 1. The Kier molecular flexibility index (Phi) is 3.49. The topological polar surface area (TPSA) is 77.8 Å². The van der Waals surface area contributed by atoms with Gasteiger partial charge in [0.25, 0.3) is 0 Å². The molecule has 0 saturated carbocycles. The van der Waals surface area contributed by atoms with Crippen molar-refractivity contribution in [2.45, 2.75) is 30.3 Å². The van der Waals surface area contributed by atoms with Crippen LogP contribution in [0.25, 0.3) is 0 Å². The monoisotopic (exact) mass is 265 g/mol. The first-order valence-corrected chi connectivity index (χ1v) is 5.19. The lowest BCUT2D eigenvalue weighted by Crippen LogP contribution is -2.48. The van der Waals surface area contributed by atoms with Crippen LogP contribution in [-0.2, 0) is 9.59 Å². The quantitative estimate of drug-likeness (QED) is 0.694. The first-order chi connectivity index (χ1) is 6.43. The van der Waals surface area contributed by atoms with Gasteiger partial charge in [0.15, 0.2) is 6.04 Å². The van der Waals surface area contributed by atoms with Crippen molar-refractivity contribution in [2.24, 2.45) is 0 Å². The Morgan fingerprint density at radius 1 is 1.71 bits per heavy atom. The summed E-state index contributed by atoms with van der Waals surface area (Å²) in [6.07, 6.45) is -0.773. The molecule has 1 amide bonds. The largest absolute Gasteiger partial charge is 0.480 e. The summed E-state index contributed by atoms with van der Waals surface area (Å²) in [4.78, 5) is 23.4. The highest BCUT2D eigenvalue weighted by Gasteiger charge is 2.39. The van der Waals surface area contributed by atoms with Crippen molar-refractivity contribution >= 4 is 27.8 Å². The third-order valence-corrected chi connectivity index (χ3v) is 2.77. The number of amides is 1. The van der Waals surface area contributed by atoms with E-state index in [9.17, 15) is 14.7 Å². The Morgan fingerprint density at radius 3 is 2.57 bits per heavy atom. The first kappa shape index (κ1) is 11.5. The van der Waals surface area contributed by atoms with E-state index in [1.54, 1.807) is 0 Å². The van der Waals surface area contributed by atoms with E-state index in [-0.39, 0.29) is 17.2 Å². The lowest BCUT2D eigenvalue weighted by atomic mass is 10.1. The fraction of sp³-hybridized carbons (Fsp3) is 0.750. The van der Waals surface area contributed by atoms with Crippen molar-refractivity contribution in [1.82, 2.24) is 4.90 Å². The van der Waals surface area contributed by atoms with Crippen LogP contribution in [0.15, 0.2) is 0 Å².